The lowest BCUT2D eigenvalue weighted by Crippen LogP contribution is -2.16. The molecule has 0 radical (unpaired) electrons. The molecule has 106 valence electrons. The molecule has 20 heavy (non-hydrogen) atoms. The third-order valence-corrected chi connectivity index (χ3v) is 4.40. The van der Waals surface area contributed by atoms with E-state index in [4.69, 9.17) is 5.84 Å². The molecule has 0 atom stereocenters. The normalized spacial score (nSPS) is 11.2. The molecule has 0 fully saturated rings. The van der Waals surface area contributed by atoms with E-state index < -0.39 is 15.8 Å². The van der Waals surface area contributed by atoms with Gasteiger partial charge < -0.3 is 5.43 Å². The van der Waals surface area contributed by atoms with Crippen molar-refractivity contribution in [3.8, 4) is 0 Å². The van der Waals surface area contributed by atoms with Crippen LogP contribution in [0.5, 0.6) is 0 Å². The van der Waals surface area contributed by atoms with Gasteiger partial charge in [0.15, 0.2) is 0 Å². The summed E-state index contributed by atoms with van der Waals surface area (Å²) < 4.78 is 40.5. The van der Waals surface area contributed by atoms with E-state index in [9.17, 15) is 12.8 Å². The maximum absolute atomic E-state index is 13.6. The fraction of sp³-hybridized carbons (Fsp3) is 0. The summed E-state index contributed by atoms with van der Waals surface area (Å²) in [7, 11) is -3.95. The lowest BCUT2D eigenvalue weighted by molar-refractivity contribution is 0.598. The highest BCUT2D eigenvalue weighted by Gasteiger charge is 2.18. The van der Waals surface area contributed by atoms with Gasteiger partial charge in [-0.3, -0.25) is 4.72 Å². The highest BCUT2D eigenvalue weighted by molar-refractivity contribution is 9.10. The van der Waals surface area contributed by atoms with Crippen LogP contribution in [0.15, 0.2) is 45.9 Å². The second-order valence-electron chi connectivity index (χ2n) is 3.72. The van der Waals surface area contributed by atoms with Crippen molar-refractivity contribution in [2.45, 2.75) is 4.90 Å². The lowest BCUT2D eigenvalue weighted by Gasteiger charge is -2.11. The molecule has 0 aliphatic rings. The summed E-state index contributed by atoms with van der Waals surface area (Å²) in [5.41, 5.74) is 2.08. The topological polar surface area (TPSA) is 97.1 Å². The van der Waals surface area contributed by atoms with Crippen LogP contribution in [-0.4, -0.2) is 13.4 Å². The molecule has 1 aromatic carbocycles. The third kappa shape index (κ3) is 3.06. The first-order valence-corrected chi connectivity index (χ1v) is 7.61. The molecular weight excluding hydrogens is 351 g/mol. The molecule has 0 aliphatic heterocycles. The van der Waals surface area contributed by atoms with E-state index in [-0.39, 0.29) is 16.4 Å². The van der Waals surface area contributed by atoms with Crippen LogP contribution in [0.3, 0.4) is 0 Å². The number of benzene rings is 1. The number of rotatable bonds is 4. The van der Waals surface area contributed by atoms with Crippen molar-refractivity contribution in [2.75, 3.05) is 10.1 Å². The summed E-state index contributed by atoms with van der Waals surface area (Å²) in [5.74, 6) is 4.66. The maximum atomic E-state index is 13.6. The standard InChI is InChI=1S/C11H10BrFN4O2S/c12-8-2-1-3-9(13)11(8)17-20(18,19)7-4-5-15-10(6-7)16-14/h1-6,17H,14H2,(H,15,16). The van der Waals surface area contributed by atoms with Gasteiger partial charge in [0.25, 0.3) is 10.0 Å². The summed E-state index contributed by atoms with van der Waals surface area (Å²) in [6.45, 7) is 0. The van der Waals surface area contributed by atoms with Crippen LogP contribution in [0, 0.1) is 5.82 Å². The molecule has 0 amide bonds. The SMILES string of the molecule is NNc1cc(S(=O)(=O)Nc2c(F)cccc2Br)ccn1. The van der Waals surface area contributed by atoms with Crippen LogP contribution < -0.4 is 16.0 Å². The molecule has 1 heterocycles. The van der Waals surface area contributed by atoms with Crippen molar-refractivity contribution in [1.82, 2.24) is 4.98 Å². The van der Waals surface area contributed by atoms with Crippen molar-refractivity contribution in [1.29, 1.82) is 0 Å². The predicted octanol–water partition coefficient (Wildman–Crippen LogP) is 2.07. The zero-order chi connectivity index (χ0) is 14.8. The van der Waals surface area contributed by atoms with Gasteiger partial charge in [-0.2, -0.15) is 0 Å². The molecule has 1 aromatic heterocycles. The highest BCUT2D eigenvalue weighted by atomic mass is 79.9. The second-order valence-corrected chi connectivity index (χ2v) is 6.26. The molecule has 0 bridgehead atoms. The summed E-state index contributed by atoms with van der Waals surface area (Å²) in [6, 6.07) is 6.65. The van der Waals surface area contributed by atoms with Gasteiger partial charge in [-0.15, -0.1) is 0 Å². The van der Waals surface area contributed by atoms with Crippen LogP contribution in [0.2, 0.25) is 0 Å². The zero-order valence-electron chi connectivity index (χ0n) is 9.97. The van der Waals surface area contributed by atoms with Gasteiger partial charge in [0.1, 0.15) is 11.6 Å². The van der Waals surface area contributed by atoms with Crippen LogP contribution in [0.25, 0.3) is 0 Å². The molecular formula is C11H10BrFN4O2S. The molecule has 0 spiro atoms. The minimum atomic E-state index is -3.95. The van der Waals surface area contributed by atoms with E-state index in [1.165, 1.54) is 30.5 Å². The van der Waals surface area contributed by atoms with Gasteiger partial charge in [-0.05, 0) is 34.1 Å². The molecule has 0 aliphatic carbocycles. The van der Waals surface area contributed by atoms with Crippen molar-refractivity contribution >= 4 is 37.5 Å². The summed E-state index contributed by atoms with van der Waals surface area (Å²) in [5, 5.41) is 0. The van der Waals surface area contributed by atoms with Crippen LogP contribution >= 0.6 is 15.9 Å². The fourth-order valence-electron chi connectivity index (χ4n) is 1.45. The Kier molecular flexibility index (Phi) is 4.21. The largest absolute Gasteiger partial charge is 0.308 e. The summed E-state index contributed by atoms with van der Waals surface area (Å²) in [6.07, 6.45) is 1.28. The van der Waals surface area contributed by atoms with Crippen LogP contribution in [0.1, 0.15) is 0 Å². The lowest BCUT2D eigenvalue weighted by atomic mass is 10.3. The van der Waals surface area contributed by atoms with Crippen LogP contribution in [-0.2, 0) is 10.0 Å². The molecule has 0 saturated heterocycles. The van der Waals surface area contributed by atoms with Crippen LogP contribution in [0.4, 0.5) is 15.9 Å². The van der Waals surface area contributed by atoms with E-state index in [1.807, 2.05) is 0 Å². The Bertz CT molecular complexity index is 719. The van der Waals surface area contributed by atoms with Gasteiger partial charge >= 0.3 is 0 Å². The number of para-hydroxylation sites is 1. The van der Waals surface area contributed by atoms with E-state index in [0.29, 0.717) is 4.47 Å². The molecule has 0 unspecified atom stereocenters. The molecule has 4 N–H and O–H groups in total. The number of pyridine rings is 1. The second kappa shape index (κ2) is 5.73. The van der Waals surface area contributed by atoms with Gasteiger partial charge in [-0.25, -0.2) is 23.6 Å². The minimum absolute atomic E-state index is 0.0874. The molecule has 2 rings (SSSR count). The highest BCUT2D eigenvalue weighted by Crippen LogP contribution is 2.27. The Balaban J connectivity index is 2.41. The van der Waals surface area contributed by atoms with E-state index in [0.717, 1.165) is 6.07 Å². The van der Waals surface area contributed by atoms with E-state index >= 15 is 0 Å². The Morgan fingerprint density at radius 2 is 2.05 bits per heavy atom. The zero-order valence-corrected chi connectivity index (χ0v) is 12.4. The Labute approximate surface area is 123 Å². The Hall–Kier alpha value is -1.71. The number of nitrogens with one attached hydrogen (secondary N) is 2. The smallest absolute Gasteiger partial charge is 0.262 e. The number of sulfonamides is 1. The fourth-order valence-corrected chi connectivity index (χ4v) is 3.12. The number of hydrogen-bond acceptors (Lipinski definition) is 5. The van der Waals surface area contributed by atoms with Crippen molar-refractivity contribution in [3.05, 3.63) is 46.8 Å². The molecule has 9 heteroatoms. The Morgan fingerprint density at radius 3 is 2.70 bits per heavy atom. The monoisotopic (exact) mass is 360 g/mol. The number of halogens is 2. The Morgan fingerprint density at radius 1 is 1.30 bits per heavy atom. The van der Waals surface area contributed by atoms with Gasteiger partial charge in [0.2, 0.25) is 0 Å². The van der Waals surface area contributed by atoms with Crippen molar-refractivity contribution < 1.29 is 12.8 Å². The quantitative estimate of drug-likeness (QED) is 0.572. The minimum Gasteiger partial charge on any atom is -0.308 e. The molecule has 0 saturated carbocycles. The number of hydrogen-bond donors (Lipinski definition) is 3. The van der Waals surface area contributed by atoms with Gasteiger partial charge in [0.05, 0.1) is 10.6 Å². The first-order chi connectivity index (χ1) is 9.44. The van der Waals surface area contributed by atoms with E-state index in [2.05, 4.69) is 31.1 Å². The van der Waals surface area contributed by atoms with Gasteiger partial charge in [0, 0.05) is 16.7 Å². The summed E-state index contributed by atoms with van der Waals surface area (Å²) >= 11 is 3.09. The average molecular weight is 361 g/mol. The number of nitrogen functional groups attached to an aromatic ring is 1. The van der Waals surface area contributed by atoms with E-state index in [1.54, 1.807) is 0 Å². The van der Waals surface area contributed by atoms with Crippen molar-refractivity contribution in [2.24, 2.45) is 5.84 Å². The van der Waals surface area contributed by atoms with Crippen molar-refractivity contribution in [3.63, 3.8) is 0 Å². The maximum Gasteiger partial charge on any atom is 0.262 e. The number of aromatic nitrogens is 1. The summed E-state index contributed by atoms with van der Waals surface area (Å²) in [4.78, 5) is 3.71. The first kappa shape index (κ1) is 14.7. The number of anilines is 2. The first-order valence-electron chi connectivity index (χ1n) is 5.33. The predicted molar refractivity (Wildman–Crippen MR) is 77.0 cm³/mol. The number of nitrogens with zero attached hydrogens (tertiary/aromatic N) is 1. The number of nitrogens with two attached hydrogens (primary N) is 1. The molecule has 6 nitrogen and oxygen atoms in total. The third-order valence-electron chi connectivity index (χ3n) is 2.39. The molecule has 2 aromatic rings. The number of hydrazine groups is 1. The average Bonchev–Trinajstić information content (AvgIpc) is 2.43. The van der Waals surface area contributed by atoms with Gasteiger partial charge in [-0.1, -0.05) is 6.07 Å².